The Hall–Kier alpha value is -2.52. The van der Waals surface area contributed by atoms with Gasteiger partial charge >= 0.3 is 0 Å². The van der Waals surface area contributed by atoms with Crippen molar-refractivity contribution in [3.8, 4) is 11.5 Å². The Morgan fingerprint density at radius 2 is 1.92 bits per heavy atom. The zero-order valence-corrected chi connectivity index (χ0v) is 14.8. The number of furan rings is 1. The van der Waals surface area contributed by atoms with Gasteiger partial charge in [0.1, 0.15) is 5.76 Å². The van der Waals surface area contributed by atoms with E-state index in [1.807, 2.05) is 0 Å². The third-order valence-electron chi connectivity index (χ3n) is 3.30. The van der Waals surface area contributed by atoms with E-state index in [1.165, 1.54) is 20.5 Å². The van der Waals surface area contributed by atoms with Crippen molar-refractivity contribution in [1.29, 1.82) is 0 Å². The van der Waals surface area contributed by atoms with Crippen LogP contribution in [-0.4, -0.2) is 35.1 Å². The molecule has 0 atom stereocenters. The molecule has 0 saturated carbocycles. The van der Waals surface area contributed by atoms with Crippen LogP contribution in [0.15, 0.2) is 41.0 Å². The summed E-state index contributed by atoms with van der Waals surface area (Å²) in [5.74, 6) is 0.799. The van der Waals surface area contributed by atoms with E-state index in [4.69, 9.17) is 13.9 Å². The van der Waals surface area contributed by atoms with Crippen molar-refractivity contribution >= 4 is 15.9 Å². The second-order valence-corrected chi connectivity index (χ2v) is 6.93. The van der Waals surface area contributed by atoms with Crippen LogP contribution in [0.25, 0.3) is 0 Å². The van der Waals surface area contributed by atoms with Crippen LogP contribution >= 0.6 is 0 Å². The maximum absolute atomic E-state index is 12.1. The van der Waals surface area contributed by atoms with E-state index in [1.54, 1.807) is 30.3 Å². The van der Waals surface area contributed by atoms with Crippen LogP contribution in [0.1, 0.15) is 11.3 Å². The molecule has 0 saturated heterocycles. The van der Waals surface area contributed by atoms with Crippen molar-refractivity contribution in [2.24, 2.45) is 0 Å². The van der Waals surface area contributed by atoms with Gasteiger partial charge in [-0.15, -0.1) is 0 Å². The molecular weight excluding hydrogens is 348 g/mol. The van der Waals surface area contributed by atoms with Crippen molar-refractivity contribution < 1.29 is 27.1 Å². The maximum Gasteiger partial charge on any atom is 0.235 e. The number of rotatable bonds is 9. The minimum Gasteiger partial charge on any atom is -0.493 e. The largest absolute Gasteiger partial charge is 0.493 e. The van der Waals surface area contributed by atoms with Crippen LogP contribution in [0.4, 0.5) is 0 Å². The highest BCUT2D eigenvalue weighted by Gasteiger charge is 2.15. The molecule has 0 unspecified atom stereocenters. The van der Waals surface area contributed by atoms with Gasteiger partial charge in [0, 0.05) is 0 Å². The lowest BCUT2D eigenvalue weighted by Gasteiger charge is -2.10. The molecule has 1 aromatic heterocycles. The topological polar surface area (TPSA) is 107 Å². The van der Waals surface area contributed by atoms with Crippen LogP contribution in [-0.2, 0) is 27.1 Å². The first-order valence-electron chi connectivity index (χ1n) is 7.41. The summed E-state index contributed by atoms with van der Waals surface area (Å²) in [6.07, 6.45) is 1.49. The SMILES string of the molecule is COc1ccc(CS(=O)(=O)NCC(=O)NCc2ccco2)cc1OC. The highest BCUT2D eigenvalue weighted by Crippen LogP contribution is 2.28. The summed E-state index contributed by atoms with van der Waals surface area (Å²) in [5.41, 5.74) is 0.515. The number of ether oxygens (including phenoxy) is 2. The van der Waals surface area contributed by atoms with Crippen molar-refractivity contribution in [1.82, 2.24) is 10.0 Å². The van der Waals surface area contributed by atoms with E-state index in [9.17, 15) is 13.2 Å². The lowest BCUT2D eigenvalue weighted by atomic mass is 10.2. The Bertz CT molecular complexity index is 802. The molecule has 9 heteroatoms. The number of carbonyl (C=O) groups is 1. The minimum absolute atomic E-state index is 0.198. The standard InChI is InChI=1S/C16H20N2O6S/c1-22-14-6-5-12(8-15(14)23-2)11-25(20,21)18-10-16(19)17-9-13-4-3-7-24-13/h3-8,18H,9-11H2,1-2H3,(H,17,19). The summed E-state index contributed by atoms with van der Waals surface area (Å²) in [7, 11) is -0.710. The first-order valence-corrected chi connectivity index (χ1v) is 9.06. The zero-order chi connectivity index (χ0) is 18.3. The maximum atomic E-state index is 12.1. The molecule has 0 aliphatic rings. The van der Waals surface area contributed by atoms with Crippen LogP contribution in [0.3, 0.4) is 0 Å². The number of benzene rings is 1. The molecule has 0 bridgehead atoms. The number of methoxy groups -OCH3 is 2. The Morgan fingerprint density at radius 1 is 1.16 bits per heavy atom. The Kier molecular flexibility index (Phi) is 6.43. The van der Waals surface area contributed by atoms with Crippen molar-refractivity contribution in [3.63, 3.8) is 0 Å². The second kappa shape index (κ2) is 8.54. The molecule has 1 amide bonds. The van der Waals surface area contributed by atoms with Gasteiger partial charge in [-0.05, 0) is 29.8 Å². The smallest absolute Gasteiger partial charge is 0.235 e. The fraction of sp³-hybridized carbons (Fsp3) is 0.312. The number of sulfonamides is 1. The predicted molar refractivity (Wildman–Crippen MR) is 90.7 cm³/mol. The van der Waals surface area contributed by atoms with Crippen LogP contribution < -0.4 is 19.5 Å². The molecule has 1 heterocycles. The number of nitrogens with one attached hydrogen (secondary N) is 2. The summed E-state index contributed by atoms with van der Waals surface area (Å²) in [6.45, 7) is -0.153. The van der Waals surface area contributed by atoms with Crippen LogP contribution in [0, 0.1) is 0 Å². The van der Waals surface area contributed by atoms with Gasteiger partial charge < -0.3 is 19.2 Å². The highest BCUT2D eigenvalue weighted by atomic mass is 32.2. The number of amides is 1. The van der Waals surface area contributed by atoms with Crippen molar-refractivity contribution in [3.05, 3.63) is 47.9 Å². The van der Waals surface area contributed by atoms with E-state index < -0.39 is 15.9 Å². The van der Waals surface area contributed by atoms with Gasteiger partial charge in [0.2, 0.25) is 15.9 Å². The first-order chi connectivity index (χ1) is 11.9. The fourth-order valence-corrected chi connectivity index (χ4v) is 3.15. The highest BCUT2D eigenvalue weighted by molar-refractivity contribution is 7.88. The zero-order valence-electron chi connectivity index (χ0n) is 13.9. The lowest BCUT2D eigenvalue weighted by Crippen LogP contribution is -2.37. The van der Waals surface area contributed by atoms with Gasteiger partial charge in [-0.25, -0.2) is 13.1 Å². The van der Waals surface area contributed by atoms with E-state index >= 15 is 0 Å². The summed E-state index contributed by atoms with van der Waals surface area (Å²) in [6, 6.07) is 8.24. The quantitative estimate of drug-likeness (QED) is 0.685. The Balaban J connectivity index is 1.87. The molecule has 0 fully saturated rings. The van der Waals surface area contributed by atoms with Crippen LogP contribution in [0.5, 0.6) is 11.5 Å². The third kappa shape index (κ3) is 5.80. The number of hydrogen-bond donors (Lipinski definition) is 2. The number of hydrogen-bond acceptors (Lipinski definition) is 6. The summed E-state index contributed by atoms with van der Waals surface area (Å²) in [5, 5.41) is 2.56. The average molecular weight is 368 g/mol. The molecule has 0 spiro atoms. The lowest BCUT2D eigenvalue weighted by molar-refractivity contribution is -0.120. The van der Waals surface area contributed by atoms with E-state index in [0.717, 1.165) is 0 Å². The second-order valence-electron chi connectivity index (χ2n) is 5.13. The molecular formula is C16H20N2O6S. The molecule has 8 nitrogen and oxygen atoms in total. The number of carbonyl (C=O) groups excluding carboxylic acids is 1. The molecule has 136 valence electrons. The fourth-order valence-electron chi connectivity index (χ4n) is 2.08. The van der Waals surface area contributed by atoms with Gasteiger partial charge in [0.15, 0.2) is 11.5 Å². The van der Waals surface area contributed by atoms with Crippen molar-refractivity contribution in [2.45, 2.75) is 12.3 Å². The predicted octanol–water partition coefficient (Wildman–Crippen LogP) is 1.03. The molecule has 2 aromatic rings. The summed E-state index contributed by atoms with van der Waals surface area (Å²) < 4.78 is 41.8. The monoisotopic (exact) mass is 368 g/mol. The molecule has 1 aromatic carbocycles. The Labute approximate surface area is 146 Å². The van der Waals surface area contributed by atoms with E-state index in [-0.39, 0.29) is 18.8 Å². The minimum atomic E-state index is -3.68. The molecule has 0 aliphatic heterocycles. The molecule has 25 heavy (non-hydrogen) atoms. The molecule has 0 aliphatic carbocycles. The molecule has 2 N–H and O–H groups in total. The van der Waals surface area contributed by atoms with Gasteiger partial charge in [0.25, 0.3) is 0 Å². The summed E-state index contributed by atoms with van der Waals surface area (Å²) in [4.78, 5) is 11.7. The van der Waals surface area contributed by atoms with Gasteiger partial charge in [-0.1, -0.05) is 6.07 Å². The summed E-state index contributed by atoms with van der Waals surface area (Å²) >= 11 is 0. The Morgan fingerprint density at radius 3 is 2.56 bits per heavy atom. The van der Waals surface area contributed by atoms with Crippen molar-refractivity contribution in [2.75, 3.05) is 20.8 Å². The molecule has 0 radical (unpaired) electrons. The van der Waals surface area contributed by atoms with Gasteiger partial charge in [-0.3, -0.25) is 4.79 Å². The average Bonchev–Trinajstić information content (AvgIpc) is 3.11. The van der Waals surface area contributed by atoms with Crippen LogP contribution in [0.2, 0.25) is 0 Å². The van der Waals surface area contributed by atoms with E-state index in [2.05, 4.69) is 10.0 Å². The normalized spacial score (nSPS) is 11.1. The first kappa shape index (κ1) is 18.8. The van der Waals surface area contributed by atoms with Gasteiger partial charge in [-0.2, -0.15) is 0 Å². The van der Waals surface area contributed by atoms with E-state index in [0.29, 0.717) is 22.8 Å². The molecule has 2 rings (SSSR count). The van der Waals surface area contributed by atoms with Gasteiger partial charge in [0.05, 0.1) is 39.3 Å². The third-order valence-corrected chi connectivity index (χ3v) is 4.59.